The van der Waals surface area contributed by atoms with Gasteiger partial charge in [0, 0.05) is 31.8 Å². The summed E-state index contributed by atoms with van der Waals surface area (Å²) in [5, 5.41) is 8.88. The van der Waals surface area contributed by atoms with E-state index in [2.05, 4.69) is 25.1 Å². The Hall–Kier alpha value is -1.90. The van der Waals surface area contributed by atoms with Crippen molar-refractivity contribution < 1.29 is 9.53 Å². The van der Waals surface area contributed by atoms with Crippen molar-refractivity contribution in [2.75, 3.05) is 34.3 Å². The van der Waals surface area contributed by atoms with E-state index in [4.69, 9.17) is 10.00 Å². The number of likely N-dealkylation sites (N-methyl/N-ethyl adjacent to an activating group) is 1. The van der Waals surface area contributed by atoms with E-state index in [0.29, 0.717) is 29.0 Å². The lowest BCUT2D eigenvalue weighted by Crippen LogP contribution is -2.47. The van der Waals surface area contributed by atoms with Crippen molar-refractivity contribution in [3.63, 3.8) is 0 Å². The fourth-order valence-electron chi connectivity index (χ4n) is 4.22. The molecule has 128 valence electrons. The highest BCUT2D eigenvalue weighted by Crippen LogP contribution is 2.39. The first kappa shape index (κ1) is 16.9. The van der Waals surface area contributed by atoms with Gasteiger partial charge in [0.05, 0.1) is 17.7 Å². The zero-order valence-electron chi connectivity index (χ0n) is 14.6. The van der Waals surface area contributed by atoms with Crippen LogP contribution in [0.3, 0.4) is 0 Å². The molecule has 1 heterocycles. The third kappa shape index (κ3) is 3.17. The summed E-state index contributed by atoms with van der Waals surface area (Å²) >= 11 is 0. The number of methoxy groups -OCH3 is 1. The summed E-state index contributed by atoms with van der Waals surface area (Å²) in [6.45, 7) is 1.63. The standard InChI is InChI=1S/C19H25N3O2/c1-21(2)17-8-15-11-22(12-16(15)9-18(17)24-3)19(23)14-6-4-13(10-20)5-7-14/h4-7,15-18H,8-9,11-12H2,1-3H3/t15-,16+,17-,18-/m1/s1. The molecule has 0 radical (unpaired) electrons. The lowest BCUT2D eigenvalue weighted by Gasteiger charge is -2.40. The van der Waals surface area contributed by atoms with E-state index in [1.165, 1.54) is 0 Å². The highest BCUT2D eigenvalue weighted by Gasteiger charge is 2.44. The molecular formula is C19H25N3O2. The van der Waals surface area contributed by atoms with E-state index >= 15 is 0 Å². The minimum atomic E-state index is 0.0734. The summed E-state index contributed by atoms with van der Waals surface area (Å²) in [5.41, 5.74) is 1.25. The maximum atomic E-state index is 12.8. The molecular weight excluding hydrogens is 302 g/mol. The molecule has 0 bridgehead atoms. The van der Waals surface area contributed by atoms with Gasteiger partial charge in [-0.25, -0.2) is 0 Å². The topological polar surface area (TPSA) is 56.6 Å². The van der Waals surface area contributed by atoms with Crippen molar-refractivity contribution in [2.45, 2.75) is 25.0 Å². The average molecular weight is 327 g/mol. The van der Waals surface area contributed by atoms with Crippen molar-refractivity contribution in [1.82, 2.24) is 9.80 Å². The van der Waals surface area contributed by atoms with Crippen LogP contribution in [0.1, 0.15) is 28.8 Å². The highest BCUT2D eigenvalue weighted by molar-refractivity contribution is 5.94. The first-order valence-corrected chi connectivity index (χ1v) is 8.52. The van der Waals surface area contributed by atoms with Crippen LogP contribution in [-0.4, -0.2) is 62.1 Å². The van der Waals surface area contributed by atoms with E-state index in [1.807, 2.05) is 4.90 Å². The number of amides is 1. The molecule has 1 aromatic rings. The number of benzene rings is 1. The number of rotatable bonds is 3. The van der Waals surface area contributed by atoms with Crippen LogP contribution in [0, 0.1) is 23.2 Å². The predicted octanol–water partition coefficient (Wildman–Crippen LogP) is 1.99. The summed E-state index contributed by atoms with van der Waals surface area (Å²) < 4.78 is 5.70. The highest BCUT2D eigenvalue weighted by atomic mass is 16.5. The maximum Gasteiger partial charge on any atom is 0.253 e. The van der Waals surface area contributed by atoms with Crippen molar-refractivity contribution in [2.24, 2.45) is 11.8 Å². The molecule has 1 amide bonds. The quantitative estimate of drug-likeness (QED) is 0.852. The van der Waals surface area contributed by atoms with Gasteiger partial charge in [0.1, 0.15) is 0 Å². The van der Waals surface area contributed by atoms with Crippen molar-refractivity contribution >= 4 is 5.91 Å². The predicted molar refractivity (Wildman–Crippen MR) is 91.5 cm³/mol. The first-order valence-electron chi connectivity index (χ1n) is 8.52. The van der Waals surface area contributed by atoms with Crippen molar-refractivity contribution in [3.8, 4) is 6.07 Å². The van der Waals surface area contributed by atoms with Crippen LogP contribution in [0.25, 0.3) is 0 Å². The van der Waals surface area contributed by atoms with E-state index in [-0.39, 0.29) is 12.0 Å². The third-order valence-electron chi connectivity index (χ3n) is 5.60. The Kier molecular flexibility index (Phi) is 4.88. The Morgan fingerprint density at radius 1 is 1.21 bits per heavy atom. The Morgan fingerprint density at radius 3 is 2.38 bits per heavy atom. The average Bonchev–Trinajstić information content (AvgIpc) is 3.02. The van der Waals surface area contributed by atoms with Crippen LogP contribution in [0.5, 0.6) is 0 Å². The van der Waals surface area contributed by atoms with E-state index in [9.17, 15) is 4.79 Å². The summed E-state index contributed by atoms with van der Waals surface area (Å²) in [5.74, 6) is 1.14. The lowest BCUT2D eigenvalue weighted by atomic mass is 9.77. The lowest BCUT2D eigenvalue weighted by molar-refractivity contribution is -0.0209. The molecule has 1 saturated heterocycles. The largest absolute Gasteiger partial charge is 0.380 e. The van der Waals surface area contributed by atoms with Gasteiger partial charge in [-0.05, 0) is 63.0 Å². The molecule has 1 aromatic carbocycles. The minimum absolute atomic E-state index is 0.0734. The number of carbonyl (C=O) groups excluding carboxylic acids is 1. The number of hydrogen-bond acceptors (Lipinski definition) is 4. The molecule has 5 heteroatoms. The van der Waals surface area contributed by atoms with E-state index < -0.39 is 0 Å². The number of fused-ring (bicyclic) bond motifs is 1. The van der Waals surface area contributed by atoms with Gasteiger partial charge in [-0.1, -0.05) is 0 Å². The summed E-state index contributed by atoms with van der Waals surface area (Å²) in [7, 11) is 5.99. The molecule has 2 fully saturated rings. The monoisotopic (exact) mass is 327 g/mol. The van der Waals surface area contributed by atoms with Crippen LogP contribution in [0.4, 0.5) is 0 Å². The molecule has 0 N–H and O–H groups in total. The molecule has 1 aliphatic heterocycles. The van der Waals surface area contributed by atoms with Crippen LogP contribution >= 0.6 is 0 Å². The SMILES string of the molecule is CO[C@@H]1C[C@H]2CN(C(=O)c3ccc(C#N)cc3)C[C@H]2C[C@H]1N(C)C. The summed E-state index contributed by atoms with van der Waals surface area (Å²) in [6, 6.07) is 9.43. The minimum Gasteiger partial charge on any atom is -0.380 e. The fraction of sp³-hybridized carbons (Fsp3) is 0.579. The van der Waals surface area contributed by atoms with Crippen molar-refractivity contribution in [1.29, 1.82) is 5.26 Å². The second-order valence-corrected chi connectivity index (χ2v) is 7.20. The Labute approximate surface area is 143 Å². The number of hydrogen-bond donors (Lipinski definition) is 0. The van der Waals surface area contributed by atoms with Gasteiger partial charge in [0.2, 0.25) is 0 Å². The smallest absolute Gasteiger partial charge is 0.253 e. The van der Waals surface area contributed by atoms with Gasteiger partial charge >= 0.3 is 0 Å². The first-order chi connectivity index (χ1) is 11.5. The van der Waals surface area contributed by atoms with Crippen LogP contribution in [0.15, 0.2) is 24.3 Å². The molecule has 24 heavy (non-hydrogen) atoms. The van der Waals surface area contributed by atoms with Crippen molar-refractivity contribution in [3.05, 3.63) is 35.4 Å². The number of nitriles is 1. The van der Waals surface area contributed by atoms with Crippen LogP contribution < -0.4 is 0 Å². The molecule has 2 aliphatic rings. The molecule has 1 saturated carbocycles. The zero-order chi connectivity index (χ0) is 17.3. The van der Waals surface area contributed by atoms with Gasteiger partial charge in [0.15, 0.2) is 0 Å². The molecule has 0 spiro atoms. The Morgan fingerprint density at radius 2 is 1.83 bits per heavy atom. The molecule has 5 nitrogen and oxygen atoms in total. The van der Waals surface area contributed by atoms with E-state index in [0.717, 1.165) is 25.9 Å². The van der Waals surface area contributed by atoms with Gasteiger partial charge in [-0.15, -0.1) is 0 Å². The second-order valence-electron chi connectivity index (χ2n) is 7.20. The number of nitrogens with zero attached hydrogens (tertiary/aromatic N) is 3. The van der Waals surface area contributed by atoms with Gasteiger partial charge < -0.3 is 14.5 Å². The molecule has 1 aliphatic carbocycles. The molecule has 4 atom stereocenters. The zero-order valence-corrected chi connectivity index (χ0v) is 14.6. The van der Waals surface area contributed by atoms with Crippen LogP contribution in [0.2, 0.25) is 0 Å². The van der Waals surface area contributed by atoms with Gasteiger partial charge in [-0.3, -0.25) is 4.79 Å². The maximum absolute atomic E-state index is 12.8. The Bertz CT molecular complexity index is 635. The second kappa shape index (κ2) is 6.92. The van der Waals surface area contributed by atoms with Gasteiger partial charge in [-0.2, -0.15) is 5.26 Å². The molecule has 0 aromatic heterocycles. The van der Waals surface area contributed by atoms with Crippen LogP contribution in [-0.2, 0) is 4.74 Å². The molecule has 0 unspecified atom stereocenters. The van der Waals surface area contributed by atoms with E-state index in [1.54, 1.807) is 31.4 Å². The number of likely N-dealkylation sites (tertiary alicyclic amines) is 1. The number of ether oxygens (including phenoxy) is 1. The third-order valence-corrected chi connectivity index (χ3v) is 5.60. The summed E-state index contributed by atoms with van der Waals surface area (Å²) in [4.78, 5) is 17.0. The summed E-state index contributed by atoms with van der Waals surface area (Å²) in [6.07, 6.45) is 2.33. The number of carbonyl (C=O) groups is 1. The fourth-order valence-corrected chi connectivity index (χ4v) is 4.22. The molecule has 3 rings (SSSR count). The van der Waals surface area contributed by atoms with Gasteiger partial charge in [0.25, 0.3) is 5.91 Å². The Balaban J connectivity index is 1.70. The normalized spacial score (nSPS) is 29.4.